The van der Waals surface area contributed by atoms with Crippen molar-refractivity contribution < 1.29 is 4.74 Å². The second-order valence-electron chi connectivity index (χ2n) is 3.94. The van der Waals surface area contributed by atoms with E-state index in [9.17, 15) is 0 Å². The minimum atomic E-state index is 0.353. The zero-order valence-electron chi connectivity index (χ0n) is 9.97. The Bertz CT molecular complexity index is 488. The number of nitrogens with zero attached hydrogens (tertiary/aromatic N) is 2. The molecule has 0 aliphatic rings. The van der Waals surface area contributed by atoms with Crippen LogP contribution in [0.2, 0.25) is 0 Å². The number of para-hydroxylation sites is 1. The average Bonchev–Trinajstić information content (AvgIpc) is 2.31. The van der Waals surface area contributed by atoms with Crippen LogP contribution in [0.4, 0.5) is 5.69 Å². The van der Waals surface area contributed by atoms with Gasteiger partial charge in [-0.25, -0.2) is 9.97 Å². The number of nitrogens with two attached hydrogens (primary N) is 1. The molecule has 0 atom stereocenters. The largest absolute Gasteiger partial charge is 0.485 e. The van der Waals surface area contributed by atoms with Gasteiger partial charge < -0.3 is 10.5 Å². The lowest BCUT2D eigenvalue weighted by atomic mass is 10.1. The molecule has 0 saturated carbocycles. The van der Waals surface area contributed by atoms with Crippen molar-refractivity contribution in [3.63, 3.8) is 0 Å². The number of anilines is 1. The summed E-state index contributed by atoms with van der Waals surface area (Å²) in [6.07, 6.45) is 3.16. The fourth-order valence-corrected chi connectivity index (χ4v) is 1.60. The van der Waals surface area contributed by atoms with Crippen LogP contribution >= 0.6 is 0 Å². The number of hydrogen-bond acceptors (Lipinski definition) is 4. The highest BCUT2D eigenvalue weighted by atomic mass is 16.5. The van der Waals surface area contributed by atoms with Crippen molar-refractivity contribution in [2.75, 3.05) is 5.73 Å². The lowest BCUT2D eigenvalue weighted by Crippen LogP contribution is -2.03. The summed E-state index contributed by atoms with van der Waals surface area (Å²) < 4.78 is 5.73. The van der Waals surface area contributed by atoms with Gasteiger partial charge in [-0.05, 0) is 25.0 Å². The molecule has 4 heteroatoms. The molecule has 0 aliphatic heterocycles. The van der Waals surface area contributed by atoms with E-state index in [0.29, 0.717) is 18.1 Å². The van der Waals surface area contributed by atoms with E-state index in [1.165, 1.54) is 0 Å². The Labute approximate surface area is 100 Å². The molecule has 2 N–H and O–H groups in total. The van der Waals surface area contributed by atoms with Crippen LogP contribution in [0.1, 0.15) is 17.0 Å². The maximum absolute atomic E-state index is 5.73. The Kier molecular flexibility index (Phi) is 3.23. The molecular weight excluding hydrogens is 214 g/mol. The second-order valence-corrected chi connectivity index (χ2v) is 3.94. The number of ether oxygens (including phenoxy) is 1. The van der Waals surface area contributed by atoms with E-state index in [4.69, 9.17) is 10.5 Å². The van der Waals surface area contributed by atoms with Gasteiger partial charge in [0, 0.05) is 0 Å². The lowest BCUT2D eigenvalue weighted by molar-refractivity contribution is 0.292. The van der Waals surface area contributed by atoms with Crippen LogP contribution in [0.25, 0.3) is 0 Å². The second kappa shape index (κ2) is 4.82. The quantitative estimate of drug-likeness (QED) is 0.876. The third-order valence-corrected chi connectivity index (χ3v) is 2.48. The van der Waals surface area contributed by atoms with Gasteiger partial charge in [0.05, 0.1) is 18.1 Å². The first-order valence-electron chi connectivity index (χ1n) is 5.42. The Morgan fingerprint density at radius 2 is 1.71 bits per heavy atom. The molecule has 1 heterocycles. The minimum absolute atomic E-state index is 0.353. The maximum Gasteiger partial charge on any atom is 0.166 e. The number of aromatic nitrogens is 2. The summed E-state index contributed by atoms with van der Waals surface area (Å²) in [7, 11) is 0. The first-order valence-corrected chi connectivity index (χ1v) is 5.42. The molecule has 0 spiro atoms. The normalized spacial score (nSPS) is 10.2. The van der Waals surface area contributed by atoms with Gasteiger partial charge in [0.2, 0.25) is 0 Å². The third-order valence-electron chi connectivity index (χ3n) is 2.48. The summed E-state index contributed by atoms with van der Waals surface area (Å²) >= 11 is 0. The van der Waals surface area contributed by atoms with Crippen molar-refractivity contribution in [2.24, 2.45) is 0 Å². The summed E-state index contributed by atoms with van der Waals surface area (Å²) in [5, 5.41) is 0. The SMILES string of the molecule is Cc1cccc(C)c1OCc1ncc(N)cn1. The number of benzene rings is 1. The molecule has 0 amide bonds. The van der Waals surface area contributed by atoms with Crippen molar-refractivity contribution >= 4 is 5.69 Å². The van der Waals surface area contributed by atoms with Crippen LogP contribution in [0.5, 0.6) is 5.75 Å². The van der Waals surface area contributed by atoms with Gasteiger partial charge in [-0.15, -0.1) is 0 Å². The average molecular weight is 229 g/mol. The van der Waals surface area contributed by atoms with Crippen LogP contribution < -0.4 is 10.5 Å². The van der Waals surface area contributed by atoms with Gasteiger partial charge in [-0.1, -0.05) is 18.2 Å². The van der Waals surface area contributed by atoms with Gasteiger partial charge in [0.15, 0.2) is 5.82 Å². The highest BCUT2D eigenvalue weighted by Gasteiger charge is 2.04. The van der Waals surface area contributed by atoms with Gasteiger partial charge in [-0.3, -0.25) is 0 Å². The molecule has 0 saturated heterocycles. The molecule has 4 nitrogen and oxygen atoms in total. The van der Waals surface area contributed by atoms with Gasteiger partial charge >= 0.3 is 0 Å². The van der Waals surface area contributed by atoms with Crippen LogP contribution in [0, 0.1) is 13.8 Å². The van der Waals surface area contributed by atoms with Crippen molar-refractivity contribution in [3.8, 4) is 5.75 Å². The summed E-state index contributed by atoms with van der Waals surface area (Å²) in [5.74, 6) is 1.52. The van der Waals surface area contributed by atoms with E-state index < -0.39 is 0 Å². The van der Waals surface area contributed by atoms with E-state index in [1.807, 2.05) is 32.0 Å². The molecule has 2 aromatic rings. The van der Waals surface area contributed by atoms with Crippen molar-refractivity contribution in [1.82, 2.24) is 9.97 Å². The minimum Gasteiger partial charge on any atom is -0.485 e. The molecule has 1 aromatic carbocycles. The lowest BCUT2D eigenvalue weighted by Gasteiger charge is -2.10. The maximum atomic E-state index is 5.73. The smallest absolute Gasteiger partial charge is 0.166 e. The highest BCUT2D eigenvalue weighted by Crippen LogP contribution is 2.22. The van der Waals surface area contributed by atoms with Gasteiger partial charge in [0.25, 0.3) is 0 Å². The van der Waals surface area contributed by atoms with Gasteiger partial charge in [-0.2, -0.15) is 0 Å². The van der Waals surface area contributed by atoms with Crippen molar-refractivity contribution in [1.29, 1.82) is 0 Å². The fourth-order valence-electron chi connectivity index (χ4n) is 1.60. The first-order chi connectivity index (χ1) is 8.16. The Morgan fingerprint density at radius 1 is 1.12 bits per heavy atom. The number of nitrogen functional groups attached to an aromatic ring is 1. The topological polar surface area (TPSA) is 61.0 Å². The summed E-state index contributed by atoms with van der Waals surface area (Å²) in [6.45, 7) is 4.39. The Balaban J connectivity index is 2.10. The number of rotatable bonds is 3. The standard InChI is InChI=1S/C13H15N3O/c1-9-4-3-5-10(2)13(9)17-8-12-15-6-11(14)7-16-12/h3-7H,8,14H2,1-2H3. The van der Waals surface area contributed by atoms with E-state index in [0.717, 1.165) is 16.9 Å². The summed E-state index contributed by atoms with van der Waals surface area (Å²) in [6, 6.07) is 6.05. The predicted molar refractivity (Wildman–Crippen MR) is 66.7 cm³/mol. The Morgan fingerprint density at radius 3 is 2.29 bits per heavy atom. The molecule has 0 bridgehead atoms. The van der Waals surface area contributed by atoms with Crippen molar-refractivity contribution in [2.45, 2.75) is 20.5 Å². The number of aryl methyl sites for hydroxylation is 2. The van der Waals surface area contributed by atoms with E-state index in [2.05, 4.69) is 9.97 Å². The molecule has 2 rings (SSSR count). The Hall–Kier alpha value is -2.10. The number of hydrogen-bond donors (Lipinski definition) is 1. The molecule has 17 heavy (non-hydrogen) atoms. The van der Waals surface area contributed by atoms with Crippen LogP contribution in [-0.4, -0.2) is 9.97 Å². The molecule has 1 aromatic heterocycles. The molecule has 88 valence electrons. The molecule has 0 radical (unpaired) electrons. The fraction of sp³-hybridized carbons (Fsp3) is 0.231. The molecule has 0 unspecified atom stereocenters. The third kappa shape index (κ3) is 2.72. The zero-order valence-corrected chi connectivity index (χ0v) is 9.97. The van der Waals surface area contributed by atoms with E-state index in [-0.39, 0.29) is 0 Å². The van der Waals surface area contributed by atoms with Gasteiger partial charge in [0.1, 0.15) is 12.4 Å². The molecule has 0 fully saturated rings. The van der Waals surface area contributed by atoms with Crippen LogP contribution in [0.3, 0.4) is 0 Å². The van der Waals surface area contributed by atoms with Crippen LogP contribution in [-0.2, 0) is 6.61 Å². The highest BCUT2D eigenvalue weighted by molar-refractivity contribution is 5.39. The molecule has 0 aliphatic carbocycles. The zero-order chi connectivity index (χ0) is 12.3. The van der Waals surface area contributed by atoms with Crippen LogP contribution in [0.15, 0.2) is 30.6 Å². The predicted octanol–water partition coefficient (Wildman–Crippen LogP) is 2.25. The monoisotopic (exact) mass is 229 g/mol. The summed E-state index contributed by atoms with van der Waals surface area (Å²) in [5.41, 5.74) is 8.30. The molecular formula is C13H15N3O. The first kappa shape index (κ1) is 11.4. The van der Waals surface area contributed by atoms with Crippen molar-refractivity contribution in [3.05, 3.63) is 47.5 Å². The summed E-state index contributed by atoms with van der Waals surface area (Å²) in [4.78, 5) is 8.18. The van der Waals surface area contributed by atoms with E-state index >= 15 is 0 Å². The van der Waals surface area contributed by atoms with E-state index in [1.54, 1.807) is 12.4 Å².